The van der Waals surface area contributed by atoms with E-state index in [-0.39, 0.29) is 23.8 Å². The van der Waals surface area contributed by atoms with Gasteiger partial charge in [-0.15, -0.1) is 0 Å². The lowest BCUT2D eigenvalue weighted by atomic mass is 10.0. The number of Topliss-reactive ketones (excluding diaryl/α,β-unsaturated/α-hetero) is 1. The second-order valence-electron chi connectivity index (χ2n) is 8.21. The van der Waals surface area contributed by atoms with Crippen molar-refractivity contribution in [3.63, 3.8) is 0 Å². The fourth-order valence-corrected chi connectivity index (χ4v) is 3.14. The Morgan fingerprint density at radius 2 is 1.11 bits per heavy atom. The van der Waals surface area contributed by atoms with Gasteiger partial charge in [0.05, 0.1) is 0 Å². The zero-order valence-electron chi connectivity index (χ0n) is 18.9. The first kappa shape index (κ1) is 25.4. The maximum atomic E-state index is 12.6. The number of rotatable bonds is 12. The van der Waals surface area contributed by atoms with E-state index in [0.717, 1.165) is 37.7 Å². The number of carbonyl (C=O) groups excluding carboxylic acids is 2. The molecule has 0 aliphatic carbocycles. The molecule has 0 bridgehead atoms. The zero-order chi connectivity index (χ0) is 21.0. The van der Waals surface area contributed by atoms with Crippen LogP contribution in [0.4, 0.5) is 0 Å². The van der Waals surface area contributed by atoms with E-state index in [2.05, 4.69) is 59.8 Å². The fraction of sp³-hybridized carbons (Fsp3) is 0.667. The lowest BCUT2D eigenvalue weighted by molar-refractivity contribution is -0.130. The number of hydrogen-bond acceptors (Lipinski definition) is 2. The largest absolute Gasteiger partial charge is 0.334 e. The molecule has 0 aromatic carbocycles. The molecule has 0 saturated heterocycles. The second kappa shape index (κ2) is 13.5. The lowest BCUT2D eigenvalue weighted by Gasteiger charge is -2.31. The van der Waals surface area contributed by atoms with Crippen LogP contribution in [0.1, 0.15) is 93.9 Å². The van der Waals surface area contributed by atoms with Gasteiger partial charge < -0.3 is 9.69 Å². The topological polar surface area (TPSA) is 37.4 Å². The number of carbonyl (C=O) groups is 2. The zero-order valence-corrected chi connectivity index (χ0v) is 18.9. The molecule has 0 heterocycles. The second-order valence-corrected chi connectivity index (χ2v) is 8.21. The Morgan fingerprint density at radius 3 is 1.52 bits per heavy atom. The average Bonchev–Trinajstić information content (AvgIpc) is 2.53. The molecule has 0 aromatic rings. The molecule has 1 amide bonds. The van der Waals surface area contributed by atoms with Gasteiger partial charge in [-0.2, -0.15) is 0 Å². The molecular weight excluding hydrogens is 334 g/mol. The van der Waals surface area contributed by atoms with Gasteiger partial charge in [-0.1, -0.05) is 29.4 Å². The Balaban J connectivity index is 4.42. The van der Waals surface area contributed by atoms with E-state index in [0.29, 0.717) is 6.42 Å². The van der Waals surface area contributed by atoms with Gasteiger partial charge in [0.2, 0.25) is 5.91 Å². The van der Waals surface area contributed by atoms with Crippen LogP contribution >= 0.6 is 0 Å². The minimum absolute atomic E-state index is 0.146. The Labute approximate surface area is 167 Å². The van der Waals surface area contributed by atoms with Gasteiger partial charge in [-0.05, 0) is 87.5 Å². The van der Waals surface area contributed by atoms with E-state index in [4.69, 9.17) is 0 Å². The molecule has 0 aliphatic rings. The van der Waals surface area contributed by atoms with Crippen molar-refractivity contribution >= 4 is 11.7 Å². The standard InChI is InChI=1S/C24H41NO2/c1-18(2)25(19(3)4)24(27)22(7)16-10-14-20(5)12-9-13-21(6)15-11-17-23(8)26/h12,15-16,18-19H,9-11,13-14,17H2,1-8H3. The third kappa shape index (κ3) is 11.6. The van der Waals surface area contributed by atoms with Crippen LogP contribution in [0.3, 0.4) is 0 Å². The molecule has 154 valence electrons. The van der Waals surface area contributed by atoms with Crippen molar-refractivity contribution in [1.82, 2.24) is 4.90 Å². The molecule has 3 heteroatoms. The van der Waals surface area contributed by atoms with E-state index < -0.39 is 0 Å². The van der Waals surface area contributed by atoms with E-state index in [1.807, 2.05) is 11.8 Å². The maximum Gasteiger partial charge on any atom is 0.249 e. The van der Waals surface area contributed by atoms with Crippen molar-refractivity contribution in [2.24, 2.45) is 0 Å². The van der Waals surface area contributed by atoms with Gasteiger partial charge in [-0.25, -0.2) is 0 Å². The number of nitrogens with zero attached hydrogens (tertiary/aromatic N) is 1. The van der Waals surface area contributed by atoms with E-state index in [1.54, 1.807) is 6.92 Å². The van der Waals surface area contributed by atoms with Crippen molar-refractivity contribution in [2.45, 2.75) is 106 Å². The predicted molar refractivity (Wildman–Crippen MR) is 117 cm³/mol. The van der Waals surface area contributed by atoms with Crippen molar-refractivity contribution in [1.29, 1.82) is 0 Å². The number of amides is 1. The smallest absolute Gasteiger partial charge is 0.249 e. The summed E-state index contributed by atoms with van der Waals surface area (Å²) >= 11 is 0. The summed E-state index contributed by atoms with van der Waals surface area (Å²) in [5, 5.41) is 0. The monoisotopic (exact) mass is 375 g/mol. The summed E-state index contributed by atoms with van der Waals surface area (Å²) in [6.45, 7) is 16.1. The van der Waals surface area contributed by atoms with Crippen molar-refractivity contribution in [3.05, 3.63) is 34.9 Å². The van der Waals surface area contributed by atoms with Crippen molar-refractivity contribution < 1.29 is 9.59 Å². The lowest BCUT2D eigenvalue weighted by Crippen LogP contribution is -2.42. The minimum Gasteiger partial charge on any atom is -0.334 e. The summed E-state index contributed by atoms with van der Waals surface area (Å²) < 4.78 is 0. The summed E-state index contributed by atoms with van der Waals surface area (Å²) in [6.07, 6.45) is 12.0. The summed E-state index contributed by atoms with van der Waals surface area (Å²) in [6, 6.07) is 0.434. The van der Waals surface area contributed by atoms with Crippen molar-refractivity contribution in [2.75, 3.05) is 0 Å². The number of hydrogen-bond donors (Lipinski definition) is 0. The summed E-state index contributed by atoms with van der Waals surface area (Å²) in [4.78, 5) is 25.5. The highest BCUT2D eigenvalue weighted by Gasteiger charge is 2.20. The van der Waals surface area contributed by atoms with Gasteiger partial charge in [0.25, 0.3) is 0 Å². The molecule has 0 spiro atoms. The highest BCUT2D eigenvalue weighted by Crippen LogP contribution is 2.14. The molecule has 0 N–H and O–H groups in total. The highest BCUT2D eigenvalue weighted by molar-refractivity contribution is 5.93. The van der Waals surface area contributed by atoms with Gasteiger partial charge in [0.1, 0.15) is 5.78 Å². The summed E-state index contributed by atoms with van der Waals surface area (Å²) in [5.41, 5.74) is 3.56. The SMILES string of the molecule is CC(=O)CCC=C(C)CCC=C(C)CCC=C(C)C(=O)N(C(C)C)C(C)C. The van der Waals surface area contributed by atoms with E-state index in [9.17, 15) is 9.59 Å². The minimum atomic E-state index is 0.146. The fourth-order valence-electron chi connectivity index (χ4n) is 3.14. The van der Waals surface area contributed by atoms with Crippen LogP contribution in [-0.2, 0) is 9.59 Å². The molecular formula is C24H41NO2. The highest BCUT2D eigenvalue weighted by atomic mass is 16.2. The summed E-state index contributed by atoms with van der Waals surface area (Å²) in [7, 11) is 0. The number of allylic oxidation sites excluding steroid dienone is 5. The van der Waals surface area contributed by atoms with E-state index >= 15 is 0 Å². The Hall–Kier alpha value is -1.64. The van der Waals surface area contributed by atoms with Gasteiger partial charge >= 0.3 is 0 Å². The molecule has 0 rings (SSSR count). The quantitative estimate of drug-likeness (QED) is 0.292. The van der Waals surface area contributed by atoms with Crippen LogP contribution in [0.15, 0.2) is 34.9 Å². The van der Waals surface area contributed by atoms with Crippen LogP contribution in [-0.4, -0.2) is 28.7 Å². The molecule has 0 radical (unpaired) electrons. The van der Waals surface area contributed by atoms with Gasteiger partial charge in [0, 0.05) is 24.1 Å². The van der Waals surface area contributed by atoms with E-state index in [1.165, 1.54) is 11.1 Å². The van der Waals surface area contributed by atoms with Crippen LogP contribution in [0.25, 0.3) is 0 Å². The van der Waals surface area contributed by atoms with Gasteiger partial charge in [0.15, 0.2) is 0 Å². The first-order valence-corrected chi connectivity index (χ1v) is 10.4. The molecule has 0 unspecified atom stereocenters. The molecule has 0 fully saturated rings. The van der Waals surface area contributed by atoms with Crippen LogP contribution in [0.2, 0.25) is 0 Å². The molecule has 0 saturated carbocycles. The number of ketones is 1. The predicted octanol–water partition coefficient (Wildman–Crippen LogP) is 6.40. The third-order valence-electron chi connectivity index (χ3n) is 4.69. The third-order valence-corrected chi connectivity index (χ3v) is 4.69. The Morgan fingerprint density at radius 1 is 0.704 bits per heavy atom. The Kier molecular flexibility index (Phi) is 12.7. The van der Waals surface area contributed by atoms with Crippen LogP contribution in [0, 0.1) is 0 Å². The average molecular weight is 376 g/mol. The van der Waals surface area contributed by atoms with Crippen LogP contribution in [0.5, 0.6) is 0 Å². The molecule has 27 heavy (non-hydrogen) atoms. The summed E-state index contributed by atoms with van der Waals surface area (Å²) in [5.74, 6) is 0.398. The first-order valence-electron chi connectivity index (χ1n) is 10.4. The first-order chi connectivity index (χ1) is 12.6. The molecule has 0 aliphatic heterocycles. The van der Waals surface area contributed by atoms with Crippen LogP contribution < -0.4 is 0 Å². The Bertz CT molecular complexity index is 557. The molecule has 3 nitrogen and oxygen atoms in total. The molecule has 0 aromatic heterocycles. The van der Waals surface area contributed by atoms with Crippen molar-refractivity contribution in [3.8, 4) is 0 Å². The maximum absolute atomic E-state index is 12.6. The van der Waals surface area contributed by atoms with Gasteiger partial charge in [-0.3, -0.25) is 4.79 Å². The normalized spacial score (nSPS) is 13.5. The molecule has 0 atom stereocenters.